The summed E-state index contributed by atoms with van der Waals surface area (Å²) in [6, 6.07) is 0. The van der Waals surface area contributed by atoms with Crippen LogP contribution in [-0.2, 0) is 0 Å². The van der Waals surface area contributed by atoms with E-state index >= 15 is 0 Å². The molecule has 0 bridgehead atoms. The summed E-state index contributed by atoms with van der Waals surface area (Å²) >= 11 is 4.01. The quantitative estimate of drug-likeness (QED) is 0.311. The summed E-state index contributed by atoms with van der Waals surface area (Å²) in [5.74, 6) is 0. The first kappa shape index (κ1) is 3.99. The Balaban J connectivity index is 2.45. The first-order chi connectivity index (χ1) is 2.89. The minimum Gasteiger partial charge on any atom is -0.276 e. The van der Waals surface area contributed by atoms with Crippen LogP contribution in [0.3, 0.4) is 0 Å². The summed E-state index contributed by atoms with van der Waals surface area (Å²) in [5, 5.41) is 3.00. The summed E-state index contributed by atoms with van der Waals surface area (Å²) in [6.07, 6.45) is 1.85. The van der Waals surface area contributed by atoms with Gasteiger partial charge in [0.15, 0.2) is 0 Å². The molecule has 0 radical (unpaired) electrons. The van der Waals surface area contributed by atoms with Crippen molar-refractivity contribution in [1.82, 2.24) is 5.32 Å². The molecule has 0 aromatic carbocycles. The summed E-state index contributed by atoms with van der Waals surface area (Å²) in [5.41, 5.74) is 0. The third-order valence-electron chi connectivity index (χ3n) is 0.726. The van der Waals surface area contributed by atoms with Gasteiger partial charge in [0, 0.05) is 12.8 Å². The minimum absolute atomic E-state index is 1.02. The molecule has 0 fully saturated rings. The van der Waals surface area contributed by atoms with E-state index < -0.39 is 0 Å². The van der Waals surface area contributed by atoms with E-state index in [0.29, 0.717) is 0 Å². The van der Waals surface area contributed by atoms with E-state index in [1.807, 2.05) is 10.3 Å². The number of rotatable bonds is 0. The van der Waals surface area contributed by atoms with Crippen LogP contribution in [0.1, 0.15) is 0 Å². The highest BCUT2D eigenvalue weighted by Crippen LogP contribution is 1.79. The molecule has 0 amide bonds. The van der Waals surface area contributed by atoms with E-state index in [2.05, 4.69) is 18.1 Å². The van der Waals surface area contributed by atoms with Crippen LogP contribution in [0.5, 0.6) is 0 Å². The molecule has 6 heavy (non-hydrogen) atoms. The fourth-order valence-electron chi connectivity index (χ4n) is 0.414. The van der Waals surface area contributed by atoms with E-state index in [4.69, 9.17) is 0 Å². The monoisotopic (exact) mass is 103 g/mol. The Morgan fingerprint density at radius 3 is 2.83 bits per heavy atom. The zero-order valence-corrected chi connectivity index (χ0v) is 4.28. The molecule has 0 saturated carbocycles. The molecule has 1 heterocycles. The fraction of sp³-hybridized carbons (Fsp3) is 0.667. The Morgan fingerprint density at radius 2 is 2.67 bits per heavy atom. The molecule has 3 heteroatoms. The highest BCUT2D eigenvalue weighted by Gasteiger charge is 2.00. The van der Waals surface area contributed by atoms with Crippen molar-refractivity contribution in [2.45, 2.75) is 0 Å². The van der Waals surface area contributed by atoms with Crippen molar-refractivity contribution in [3.05, 3.63) is 0 Å². The molecule has 1 N–H and O–H groups in total. The topological polar surface area (TPSA) is 15.0 Å². The smallest absolute Gasteiger partial charge is 0.243 e. The molecular formula is C3H7N2S+. The molecule has 0 unspecified atom stereocenters. The lowest BCUT2D eigenvalue weighted by molar-refractivity contribution is -0.323. The molecule has 2 nitrogen and oxygen atoms in total. The van der Waals surface area contributed by atoms with Gasteiger partial charge >= 0.3 is 0 Å². The Bertz CT molecular complexity index is 78.9. The normalized spacial score (nSPS) is 19.8. The third-order valence-corrected chi connectivity index (χ3v) is 1.04. The number of thiol groups is 1. The summed E-state index contributed by atoms with van der Waals surface area (Å²) < 4.78 is 1.82. The average molecular weight is 103 g/mol. The second-order valence-electron chi connectivity index (χ2n) is 1.25. The molecule has 1 rings (SSSR count). The maximum atomic E-state index is 4.01. The predicted octanol–water partition coefficient (Wildman–Crippen LogP) is -0.525. The first-order valence-corrected chi connectivity index (χ1v) is 2.32. The van der Waals surface area contributed by atoms with Crippen LogP contribution in [0.2, 0.25) is 0 Å². The lowest BCUT2D eigenvalue weighted by atomic mass is 10.7. The Hall–Kier alpha value is -0.180. The molecule has 1 aliphatic heterocycles. The zero-order chi connectivity index (χ0) is 4.41. The molecule has 0 aliphatic carbocycles. The molecule has 1 aliphatic rings. The van der Waals surface area contributed by atoms with Crippen LogP contribution in [0.4, 0.5) is 0 Å². The standard InChI is InChI=1S/C3H6N2S/c6-5-2-1-4-3-5/h3,6H,1-2H2/p+1. The minimum atomic E-state index is 1.02. The van der Waals surface area contributed by atoms with Gasteiger partial charge in [-0.05, 0) is 0 Å². The van der Waals surface area contributed by atoms with Crippen LogP contribution in [-0.4, -0.2) is 23.4 Å². The number of nitrogens with zero attached hydrogens (tertiary/aromatic N) is 1. The predicted molar refractivity (Wildman–Crippen MR) is 28.2 cm³/mol. The van der Waals surface area contributed by atoms with Gasteiger partial charge in [0.25, 0.3) is 0 Å². The Labute approximate surface area is 42.4 Å². The van der Waals surface area contributed by atoms with E-state index in [0.717, 1.165) is 13.1 Å². The Morgan fingerprint density at radius 1 is 1.83 bits per heavy atom. The second-order valence-corrected chi connectivity index (χ2v) is 1.76. The van der Waals surface area contributed by atoms with Crippen LogP contribution in [0, 0.1) is 0 Å². The molecule has 34 valence electrons. The number of hydrogen-bond donors (Lipinski definition) is 2. The molecular weight excluding hydrogens is 96.1 g/mol. The largest absolute Gasteiger partial charge is 0.276 e. The van der Waals surface area contributed by atoms with Crippen molar-refractivity contribution in [3.63, 3.8) is 0 Å². The summed E-state index contributed by atoms with van der Waals surface area (Å²) in [6.45, 7) is 2.05. The molecule has 0 saturated heterocycles. The third kappa shape index (κ3) is 0.653. The van der Waals surface area contributed by atoms with Crippen LogP contribution < -0.4 is 5.32 Å². The molecule has 0 spiro atoms. The van der Waals surface area contributed by atoms with E-state index in [1.54, 1.807) is 0 Å². The Kier molecular flexibility index (Phi) is 1.01. The van der Waals surface area contributed by atoms with Gasteiger partial charge in [0.05, 0.1) is 0 Å². The van der Waals surface area contributed by atoms with Gasteiger partial charge in [-0.3, -0.25) is 5.32 Å². The second kappa shape index (κ2) is 1.51. The highest BCUT2D eigenvalue weighted by molar-refractivity contribution is 7.73. The van der Waals surface area contributed by atoms with Crippen LogP contribution in [0.15, 0.2) is 0 Å². The van der Waals surface area contributed by atoms with Crippen molar-refractivity contribution in [2.75, 3.05) is 13.1 Å². The van der Waals surface area contributed by atoms with Gasteiger partial charge in [0.2, 0.25) is 6.34 Å². The van der Waals surface area contributed by atoms with Crippen molar-refractivity contribution < 1.29 is 3.98 Å². The van der Waals surface area contributed by atoms with Crippen LogP contribution >= 0.6 is 12.8 Å². The fourth-order valence-corrected chi connectivity index (χ4v) is 0.595. The van der Waals surface area contributed by atoms with Gasteiger partial charge < -0.3 is 0 Å². The summed E-state index contributed by atoms with van der Waals surface area (Å²) in [7, 11) is 0. The van der Waals surface area contributed by atoms with Crippen molar-refractivity contribution in [3.8, 4) is 0 Å². The van der Waals surface area contributed by atoms with Crippen LogP contribution in [0.25, 0.3) is 0 Å². The van der Waals surface area contributed by atoms with Crippen molar-refractivity contribution >= 4 is 19.2 Å². The van der Waals surface area contributed by atoms with Gasteiger partial charge in [-0.2, -0.15) is 0 Å². The first-order valence-electron chi connectivity index (χ1n) is 1.92. The average Bonchev–Trinajstić information content (AvgIpc) is 1.86. The molecule has 0 aromatic heterocycles. The zero-order valence-electron chi connectivity index (χ0n) is 3.39. The van der Waals surface area contributed by atoms with Crippen molar-refractivity contribution in [2.24, 2.45) is 0 Å². The van der Waals surface area contributed by atoms with E-state index in [9.17, 15) is 0 Å². The maximum absolute atomic E-state index is 4.01. The number of hydrogen-bond acceptors (Lipinski definition) is 2. The van der Waals surface area contributed by atoms with Gasteiger partial charge in [-0.25, -0.2) is 3.98 Å². The number of nitrogens with one attached hydrogen (secondary N) is 1. The van der Waals surface area contributed by atoms with E-state index in [-0.39, 0.29) is 0 Å². The van der Waals surface area contributed by atoms with Crippen molar-refractivity contribution in [1.29, 1.82) is 0 Å². The van der Waals surface area contributed by atoms with Gasteiger partial charge in [-0.1, -0.05) is 0 Å². The summed E-state index contributed by atoms with van der Waals surface area (Å²) in [4.78, 5) is 0. The van der Waals surface area contributed by atoms with E-state index in [1.165, 1.54) is 0 Å². The maximum Gasteiger partial charge on any atom is 0.243 e. The van der Waals surface area contributed by atoms with Gasteiger partial charge in [-0.15, -0.1) is 0 Å². The lowest BCUT2D eigenvalue weighted by Crippen LogP contribution is -2.05. The molecule has 0 atom stereocenters. The molecule has 0 aromatic rings. The highest BCUT2D eigenvalue weighted by atomic mass is 32.1. The lowest BCUT2D eigenvalue weighted by Gasteiger charge is -1.75. The van der Waals surface area contributed by atoms with Gasteiger partial charge in [0.1, 0.15) is 13.1 Å². The SMILES string of the molecule is S[N+]1=CNCC1.